The molecule has 1 aliphatic rings. The van der Waals surface area contributed by atoms with Crippen LogP contribution in [-0.2, 0) is 4.79 Å². The zero-order valence-electron chi connectivity index (χ0n) is 14.1. The Balaban J connectivity index is 1.82. The summed E-state index contributed by atoms with van der Waals surface area (Å²) in [5.74, 6) is 0.163. The maximum Gasteiger partial charge on any atom is 0.291 e. The Morgan fingerprint density at radius 1 is 1.12 bits per heavy atom. The summed E-state index contributed by atoms with van der Waals surface area (Å²) >= 11 is 18.1. The first-order valence-electron chi connectivity index (χ1n) is 8.18. The van der Waals surface area contributed by atoms with Gasteiger partial charge in [0.25, 0.3) is 5.56 Å². The van der Waals surface area contributed by atoms with Gasteiger partial charge in [-0.15, -0.1) is 0 Å². The second-order valence-corrected chi connectivity index (χ2v) is 7.07. The van der Waals surface area contributed by atoms with Crippen molar-refractivity contribution in [2.24, 2.45) is 0 Å². The Morgan fingerprint density at radius 3 is 2.42 bits per heavy atom. The molecule has 0 atom stereocenters. The van der Waals surface area contributed by atoms with Crippen molar-refractivity contribution in [1.29, 1.82) is 0 Å². The molecule has 0 spiro atoms. The van der Waals surface area contributed by atoms with Crippen LogP contribution >= 0.6 is 34.8 Å². The number of nitrogens with zero attached hydrogens (tertiary/aromatic N) is 4. The molecule has 1 saturated heterocycles. The summed E-state index contributed by atoms with van der Waals surface area (Å²) in [6.45, 7) is 4.60. The van der Waals surface area contributed by atoms with Crippen molar-refractivity contribution >= 4 is 46.4 Å². The van der Waals surface area contributed by atoms with Gasteiger partial charge in [0.05, 0.1) is 27.6 Å². The van der Waals surface area contributed by atoms with Gasteiger partial charge in [-0.2, -0.15) is 9.78 Å². The number of benzene rings is 1. The van der Waals surface area contributed by atoms with Gasteiger partial charge in [-0.25, -0.2) is 0 Å². The minimum absolute atomic E-state index is 0.0846. The van der Waals surface area contributed by atoms with E-state index in [1.165, 1.54) is 6.20 Å². The molecule has 1 aromatic heterocycles. The summed E-state index contributed by atoms with van der Waals surface area (Å²) < 4.78 is 1.15. The second kappa shape index (κ2) is 7.86. The van der Waals surface area contributed by atoms with Gasteiger partial charge in [0.1, 0.15) is 5.02 Å². The van der Waals surface area contributed by atoms with Crippen LogP contribution in [0.25, 0.3) is 5.69 Å². The van der Waals surface area contributed by atoms with E-state index >= 15 is 0 Å². The third-order valence-corrected chi connectivity index (χ3v) is 5.38. The smallest absolute Gasteiger partial charge is 0.291 e. The first-order valence-corrected chi connectivity index (χ1v) is 9.31. The Hall–Kier alpha value is -1.76. The number of aromatic nitrogens is 2. The molecular formula is C17H17Cl3N4O2. The number of hydrogen-bond donors (Lipinski definition) is 0. The van der Waals surface area contributed by atoms with Crippen LogP contribution in [0.4, 0.5) is 5.69 Å². The van der Waals surface area contributed by atoms with Crippen LogP contribution in [-0.4, -0.2) is 46.8 Å². The van der Waals surface area contributed by atoms with Gasteiger partial charge in [0.15, 0.2) is 0 Å². The normalized spacial score (nSPS) is 14.6. The summed E-state index contributed by atoms with van der Waals surface area (Å²) in [5.41, 5.74) is 0.851. The monoisotopic (exact) mass is 414 g/mol. The number of piperazine rings is 1. The highest BCUT2D eigenvalue weighted by atomic mass is 35.5. The van der Waals surface area contributed by atoms with Crippen LogP contribution in [0.1, 0.15) is 13.3 Å². The Kier molecular flexibility index (Phi) is 5.75. The Morgan fingerprint density at radius 2 is 1.81 bits per heavy atom. The number of rotatable bonds is 3. The van der Waals surface area contributed by atoms with E-state index in [1.807, 2.05) is 17.9 Å². The Labute approximate surface area is 165 Å². The molecule has 1 aliphatic heterocycles. The van der Waals surface area contributed by atoms with E-state index in [0.717, 1.165) is 10.4 Å². The molecule has 6 nitrogen and oxygen atoms in total. The zero-order valence-corrected chi connectivity index (χ0v) is 16.4. The highest BCUT2D eigenvalue weighted by Crippen LogP contribution is 2.29. The first-order chi connectivity index (χ1) is 12.4. The van der Waals surface area contributed by atoms with E-state index in [0.29, 0.717) is 43.3 Å². The predicted octanol–water partition coefficient (Wildman–Crippen LogP) is 3.25. The molecule has 1 amide bonds. The average Bonchev–Trinajstić information content (AvgIpc) is 2.66. The molecule has 0 radical (unpaired) electrons. The molecule has 138 valence electrons. The summed E-state index contributed by atoms with van der Waals surface area (Å²) in [6.07, 6.45) is 1.83. The fourth-order valence-corrected chi connectivity index (χ4v) is 3.45. The SMILES string of the molecule is CCC(=O)N1CCN(c2ccc(-n3ncc(Cl)c(Cl)c3=O)cc2Cl)CC1. The summed E-state index contributed by atoms with van der Waals surface area (Å²) in [5, 5.41) is 4.52. The van der Waals surface area contributed by atoms with Gasteiger partial charge in [0.2, 0.25) is 5.91 Å². The lowest BCUT2D eigenvalue weighted by atomic mass is 10.2. The molecule has 2 heterocycles. The molecule has 0 bridgehead atoms. The number of amides is 1. The van der Waals surface area contributed by atoms with Gasteiger partial charge >= 0.3 is 0 Å². The van der Waals surface area contributed by atoms with Crippen LogP contribution in [0.3, 0.4) is 0 Å². The summed E-state index contributed by atoms with van der Waals surface area (Å²) in [4.78, 5) is 28.0. The van der Waals surface area contributed by atoms with Crippen LogP contribution in [0.5, 0.6) is 0 Å². The minimum atomic E-state index is -0.505. The maximum atomic E-state index is 12.2. The van der Waals surface area contributed by atoms with E-state index < -0.39 is 5.56 Å². The lowest BCUT2D eigenvalue weighted by Gasteiger charge is -2.36. The largest absolute Gasteiger partial charge is 0.367 e. The quantitative estimate of drug-likeness (QED) is 0.772. The molecular weight excluding hydrogens is 399 g/mol. The van der Waals surface area contributed by atoms with E-state index in [9.17, 15) is 9.59 Å². The van der Waals surface area contributed by atoms with Gasteiger partial charge < -0.3 is 9.80 Å². The highest BCUT2D eigenvalue weighted by Gasteiger charge is 2.22. The average molecular weight is 416 g/mol. The summed E-state index contributed by atoms with van der Waals surface area (Å²) in [6, 6.07) is 5.26. The topological polar surface area (TPSA) is 58.4 Å². The van der Waals surface area contributed by atoms with E-state index in [-0.39, 0.29) is 16.0 Å². The molecule has 9 heteroatoms. The number of carbonyl (C=O) groups excluding carboxylic acids is 1. The molecule has 0 saturated carbocycles. The fraction of sp³-hybridized carbons (Fsp3) is 0.353. The third kappa shape index (κ3) is 3.68. The minimum Gasteiger partial charge on any atom is -0.367 e. The van der Waals surface area contributed by atoms with Crippen LogP contribution in [0.15, 0.2) is 29.2 Å². The number of anilines is 1. The predicted molar refractivity (Wildman–Crippen MR) is 104 cm³/mol. The maximum absolute atomic E-state index is 12.2. The van der Waals surface area contributed by atoms with Crippen molar-refractivity contribution in [2.45, 2.75) is 13.3 Å². The highest BCUT2D eigenvalue weighted by molar-refractivity contribution is 6.41. The first kappa shape index (κ1) is 19.0. The summed E-state index contributed by atoms with van der Waals surface area (Å²) in [7, 11) is 0. The van der Waals surface area contributed by atoms with E-state index in [2.05, 4.69) is 10.00 Å². The molecule has 0 unspecified atom stereocenters. The number of hydrogen-bond acceptors (Lipinski definition) is 4. The van der Waals surface area contributed by atoms with Crippen molar-refractivity contribution in [3.63, 3.8) is 0 Å². The lowest BCUT2D eigenvalue weighted by Crippen LogP contribution is -2.48. The van der Waals surface area contributed by atoms with Gasteiger partial charge in [-0.3, -0.25) is 9.59 Å². The van der Waals surface area contributed by atoms with Crippen LogP contribution in [0.2, 0.25) is 15.1 Å². The lowest BCUT2D eigenvalue weighted by molar-refractivity contribution is -0.131. The fourth-order valence-electron chi connectivity index (χ4n) is 2.90. The zero-order chi connectivity index (χ0) is 18.8. The van der Waals surface area contributed by atoms with Crippen molar-refractivity contribution < 1.29 is 4.79 Å². The van der Waals surface area contributed by atoms with Crippen molar-refractivity contribution in [3.8, 4) is 5.69 Å². The molecule has 1 fully saturated rings. The number of halogens is 3. The Bertz CT molecular complexity index is 892. The van der Waals surface area contributed by atoms with Gasteiger partial charge in [0, 0.05) is 32.6 Å². The standard InChI is InChI=1S/C17H17Cl3N4O2/c1-2-15(25)23-7-5-22(6-8-23)14-4-3-11(9-12(14)18)24-17(26)16(20)13(19)10-21-24/h3-4,9-10H,2,5-8H2,1H3. The van der Waals surface area contributed by atoms with E-state index in [1.54, 1.807) is 12.1 Å². The van der Waals surface area contributed by atoms with Gasteiger partial charge in [-0.05, 0) is 18.2 Å². The van der Waals surface area contributed by atoms with Crippen molar-refractivity contribution in [2.75, 3.05) is 31.1 Å². The third-order valence-electron chi connectivity index (χ3n) is 4.33. The molecule has 0 N–H and O–H groups in total. The van der Waals surface area contributed by atoms with Crippen LogP contribution in [0, 0.1) is 0 Å². The second-order valence-electron chi connectivity index (χ2n) is 5.88. The van der Waals surface area contributed by atoms with E-state index in [4.69, 9.17) is 34.8 Å². The molecule has 3 rings (SSSR count). The molecule has 0 aliphatic carbocycles. The number of carbonyl (C=O) groups is 1. The molecule has 2 aromatic rings. The molecule has 26 heavy (non-hydrogen) atoms. The van der Waals surface area contributed by atoms with Crippen molar-refractivity contribution in [1.82, 2.24) is 14.7 Å². The van der Waals surface area contributed by atoms with Gasteiger partial charge in [-0.1, -0.05) is 41.7 Å². The molecule has 1 aromatic carbocycles. The van der Waals surface area contributed by atoms with Crippen molar-refractivity contribution in [3.05, 3.63) is 49.8 Å². The van der Waals surface area contributed by atoms with Crippen LogP contribution < -0.4 is 10.5 Å².